The Morgan fingerprint density at radius 3 is 2.29 bits per heavy atom. The van der Waals surface area contributed by atoms with Gasteiger partial charge < -0.3 is 9.47 Å². The highest BCUT2D eigenvalue weighted by Crippen LogP contribution is 2.26. The number of carbonyl (C=O) groups is 1. The molecule has 0 aromatic carbocycles. The van der Waals surface area contributed by atoms with Crippen LogP contribution in [0.3, 0.4) is 0 Å². The zero-order chi connectivity index (χ0) is 11.2. The molecule has 0 saturated carbocycles. The van der Waals surface area contributed by atoms with E-state index in [0.717, 1.165) is 0 Å². The minimum atomic E-state index is -0.141. The van der Waals surface area contributed by atoms with Gasteiger partial charge in [-0.25, -0.2) is 0 Å². The van der Waals surface area contributed by atoms with Crippen molar-refractivity contribution in [1.82, 2.24) is 0 Å². The molecule has 0 spiro atoms. The molecule has 0 N–H and O–H groups in total. The molecule has 0 aliphatic carbocycles. The Kier molecular flexibility index (Phi) is 5.77. The molecule has 84 valence electrons. The van der Waals surface area contributed by atoms with Crippen molar-refractivity contribution >= 4 is 5.97 Å². The van der Waals surface area contributed by atoms with E-state index in [9.17, 15) is 4.79 Å². The van der Waals surface area contributed by atoms with Crippen LogP contribution in [0.15, 0.2) is 0 Å². The lowest BCUT2D eigenvalue weighted by Gasteiger charge is -2.25. The van der Waals surface area contributed by atoms with E-state index in [0.29, 0.717) is 19.8 Å². The summed E-state index contributed by atoms with van der Waals surface area (Å²) in [6.45, 7) is 11.4. The topological polar surface area (TPSA) is 35.5 Å². The molecule has 0 radical (unpaired) electrons. The molecule has 0 amide bonds. The Labute approximate surface area is 86.8 Å². The van der Waals surface area contributed by atoms with Crippen molar-refractivity contribution in [3.63, 3.8) is 0 Å². The zero-order valence-corrected chi connectivity index (χ0v) is 9.92. The molecule has 0 aromatic rings. The normalized spacial score (nSPS) is 13.8. The van der Waals surface area contributed by atoms with E-state index in [4.69, 9.17) is 9.47 Å². The van der Waals surface area contributed by atoms with Crippen molar-refractivity contribution in [2.24, 2.45) is 11.3 Å². The number of esters is 1. The van der Waals surface area contributed by atoms with Crippen LogP contribution in [0.4, 0.5) is 0 Å². The fraction of sp³-hybridized carbons (Fsp3) is 0.909. The summed E-state index contributed by atoms with van der Waals surface area (Å²) in [5.74, 6) is -0.221. The summed E-state index contributed by atoms with van der Waals surface area (Å²) < 4.78 is 10.1. The van der Waals surface area contributed by atoms with E-state index in [1.54, 1.807) is 0 Å². The van der Waals surface area contributed by atoms with Crippen LogP contribution < -0.4 is 0 Å². The van der Waals surface area contributed by atoms with Gasteiger partial charge >= 0.3 is 5.97 Å². The largest absolute Gasteiger partial charge is 0.463 e. The molecule has 0 rings (SSSR count). The quantitative estimate of drug-likeness (QED) is 0.506. The maximum Gasteiger partial charge on any atom is 0.309 e. The molecule has 0 fully saturated rings. The van der Waals surface area contributed by atoms with Crippen molar-refractivity contribution in [3.05, 3.63) is 0 Å². The molecule has 1 atom stereocenters. The third kappa shape index (κ3) is 5.22. The number of carbonyl (C=O) groups excluding carboxylic acids is 1. The van der Waals surface area contributed by atoms with E-state index in [1.807, 2.05) is 34.6 Å². The summed E-state index contributed by atoms with van der Waals surface area (Å²) in [7, 11) is 0. The molecule has 0 heterocycles. The zero-order valence-electron chi connectivity index (χ0n) is 9.92. The summed E-state index contributed by atoms with van der Waals surface area (Å²) in [6.07, 6.45) is 0. The van der Waals surface area contributed by atoms with Gasteiger partial charge in [0, 0.05) is 6.61 Å². The standard InChI is InChI=1S/C11H22O3/c1-6-13-7-8-14-10(12)9(2)11(3,4)5/h9H,6-8H2,1-5H3/t9-/m1/s1. The second-order valence-corrected chi connectivity index (χ2v) is 4.45. The Balaban J connectivity index is 3.74. The maximum atomic E-state index is 11.5. The third-order valence-corrected chi connectivity index (χ3v) is 2.33. The van der Waals surface area contributed by atoms with Crippen LogP contribution >= 0.6 is 0 Å². The minimum Gasteiger partial charge on any atom is -0.463 e. The Morgan fingerprint density at radius 2 is 1.86 bits per heavy atom. The van der Waals surface area contributed by atoms with Gasteiger partial charge in [-0.2, -0.15) is 0 Å². The first kappa shape index (κ1) is 13.4. The number of ether oxygens (including phenoxy) is 2. The Bertz CT molecular complexity index is 170. The molecule has 0 unspecified atom stereocenters. The first-order valence-electron chi connectivity index (χ1n) is 5.14. The van der Waals surface area contributed by atoms with Crippen molar-refractivity contribution in [1.29, 1.82) is 0 Å². The smallest absolute Gasteiger partial charge is 0.309 e. The van der Waals surface area contributed by atoms with Crippen LogP contribution in [-0.2, 0) is 14.3 Å². The second kappa shape index (κ2) is 6.02. The van der Waals surface area contributed by atoms with Gasteiger partial charge in [0.1, 0.15) is 6.61 Å². The predicted molar refractivity (Wildman–Crippen MR) is 56.1 cm³/mol. The van der Waals surface area contributed by atoms with Crippen LogP contribution in [-0.4, -0.2) is 25.8 Å². The fourth-order valence-electron chi connectivity index (χ4n) is 0.824. The van der Waals surface area contributed by atoms with Crippen LogP contribution in [0, 0.1) is 11.3 Å². The minimum absolute atomic E-state index is 0.0390. The summed E-state index contributed by atoms with van der Waals surface area (Å²) in [4.78, 5) is 11.5. The van der Waals surface area contributed by atoms with Gasteiger partial charge in [0.15, 0.2) is 0 Å². The predicted octanol–water partition coefficient (Wildman–Crippen LogP) is 2.25. The average Bonchev–Trinajstić information content (AvgIpc) is 2.09. The van der Waals surface area contributed by atoms with Crippen molar-refractivity contribution < 1.29 is 14.3 Å². The van der Waals surface area contributed by atoms with E-state index in [1.165, 1.54) is 0 Å². The average molecular weight is 202 g/mol. The molecule has 0 aromatic heterocycles. The van der Waals surface area contributed by atoms with Gasteiger partial charge in [-0.3, -0.25) is 4.79 Å². The monoisotopic (exact) mass is 202 g/mol. The molecular weight excluding hydrogens is 180 g/mol. The van der Waals surface area contributed by atoms with Gasteiger partial charge in [-0.05, 0) is 12.3 Å². The molecule has 3 nitrogen and oxygen atoms in total. The Hall–Kier alpha value is -0.570. The molecule has 0 aliphatic rings. The SMILES string of the molecule is CCOCCOC(=O)[C@@H](C)C(C)(C)C. The van der Waals surface area contributed by atoms with Gasteiger partial charge in [-0.1, -0.05) is 27.7 Å². The number of rotatable bonds is 5. The molecular formula is C11H22O3. The first-order chi connectivity index (χ1) is 6.39. The number of hydrogen-bond donors (Lipinski definition) is 0. The highest BCUT2D eigenvalue weighted by molar-refractivity contribution is 5.72. The first-order valence-corrected chi connectivity index (χ1v) is 5.14. The van der Waals surface area contributed by atoms with E-state index in [-0.39, 0.29) is 17.3 Å². The van der Waals surface area contributed by atoms with Gasteiger partial charge in [-0.15, -0.1) is 0 Å². The Morgan fingerprint density at radius 1 is 1.29 bits per heavy atom. The fourth-order valence-corrected chi connectivity index (χ4v) is 0.824. The lowest BCUT2D eigenvalue weighted by Crippen LogP contribution is -2.28. The van der Waals surface area contributed by atoms with Crippen molar-refractivity contribution in [2.75, 3.05) is 19.8 Å². The van der Waals surface area contributed by atoms with Gasteiger partial charge in [0.25, 0.3) is 0 Å². The molecule has 0 aliphatic heterocycles. The second-order valence-electron chi connectivity index (χ2n) is 4.45. The van der Waals surface area contributed by atoms with Crippen LogP contribution in [0.25, 0.3) is 0 Å². The highest BCUT2D eigenvalue weighted by Gasteiger charge is 2.27. The summed E-state index contributed by atoms with van der Waals surface area (Å²) >= 11 is 0. The van der Waals surface area contributed by atoms with E-state index >= 15 is 0 Å². The highest BCUT2D eigenvalue weighted by atomic mass is 16.6. The molecule has 3 heteroatoms. The van der Waals surface area contributed by atoms with Crippen molar-refractivity contribution in [3.8, 4) is 0 Å². The lowest BCUT2D eigenvalue weighted by atomic mass is 9.82. The van der Waals surface area contributed by atoms with Crippen LogP contribution in [0.2, 0.25) is 0 Å². The maximum absolute atomic E-state index is 11.5. The third-order valence-electron chi connectivity index (χ3n) is 2.33. The van der Waals surface area contributed by atoms with E-state index < -0.39 is 0 Å². The molecule has 0 saturated heterocycles. The summed E-state index contributed by atoms with van der Waals surface area (Å²) in [5, 5.41) is 0. The summed E-state index contributed by atoms with van der Waals surface area (Å²) in [6, 6.07) is 0. The van der Waals surface area contributed by atoms with Crippen molar-refractivity contribution in [2.45, 2.75) is 34.6 Å². The summed E-state index contributed by atoms with van der Waals surface area (Å²) in [5.41, 5.74) is -0.0390. The van der Waals surface area contributed by atoms with Crippen LogP contribution in [0.5, 0.6) is 0 Å². The van der Waals surface area contributed by atoms with E-state index in [2.05, 4.69) is 0 Å². The lowest BCUT2D eigenvalue weighted by molar-refractivity contribution is -0.153. The molecule has 14 heavy (non-hydrogen) atoms. The van der Waals surface area contributed by atoms with Gasteiger partial charge in [0.2, 0.25) is 0 Å². The van der Waals surface area contributed by atoms with Gasteiger partial charge in [0.05, 0.1) is 12.5 Å². The van der Waals surface area contributed by atoms with Crippen LogP contribution in [0.1, 0.15) is 34.6 Å². The number of hydrogen-bond acceptors (Lipinski definition) is 3. The molecule has 0 bridgehead atoms.